The third-order valence-corrected chi connectivity index (χ3v) is 5.73. The van der Waals surface area contributed by atoms with Crippen molar-refractivity contribution in [1.29, 1.82) is 0 Å². The Morgan fingerprint density at radius 2 is 1.75 bits per heavy atom. The van der Waals surface area contributed by atoms with Crippen molar-refractivity contribution in [3.63, 3.8) is 0 Å². The van der Waals surface area contributed by atoms with Crippen molar-refractivity contribution in [3.8, 4) is 5.13 Å². The molecule has 0 aliphatic carbocycles. The zero-order chi connectivity index (χ0) is 16.7. The average Bonchev–Trinajstić information content (AvgIpc) is 3.16. The molecule has 1 saturated heterocycles. The number of rotatable bonds is 2. The number of benzene rings is 1. The predicted octanol–water partition coefficient (Wildman–Crippen LogP) is 4.33. The Balaban J connectivity index is 1.70. The summed E-state index contributed by atoms with van der Waals surface area (Å²) in [5.74, 6) is 0.153. The normalized spacial score (nSPS) is 15.2. The van der Waals surface area contributed by atoms with Gasteiger partial charge in [0.1, 0.15) is 0 Å². The van der Waals surface area contributed by atoms with Gasteiger partial charge >= 0.3 is 0 Å². The maximum absolute atomic E-state index is 12.7. The van der Waals surface area contributed by atoms with Gasteiger partial charge in [0.15, 0.2) is 5.13 Å². The largest absolute Gasteiger partial charge is 0.339 e. The fraction of sp³-hybridized carbons (Fsp3) is 0.368. The smallest absolute Gasteiger partial charge is 0.253 e. The van der Waals surface area contributed by atoms with Gasteiger partial charge < -0.3 is 4.90 Å². The van der Waals surface area contributed by atoms with E-state index in [-0.39, 0.29) is 5.91 Å². The molecule has 0 bridgehead atoms. The summed E-state index contributed by atoms with van der Waals surface area (Å²) in [6, 6.07) is 10.1. The second-order valence-electron chi connectivity index (χ2n) is 6.48. The molecule has 0 unspecified atom stereocenters. The Kier molecular flexibility index (Phi) is 3.88. The lowest BCUT2D eigenvalue weighted by atomic mass is 10.1. The van der Waals surface area contributed by atoms with Gasteiger partial charge in [0, 0.05) is 30.0 Å². The number of likely N-dealkylation sites (tertiary alicyclic amines) is 1. The van der Waals surface area contributed by atoms with Crippen LogP contribution in [0.25, 0.3) is 15.3 Å². The number of fused-ring (bicyclic) bond motifs is 1. The molecule has 1 fully saturated rings. The van der Waals surface area contributed by atoms with Crippen LogP contribution in [0.2, 0.25) is 0 Å². The van der Waals surface area contributed by atoms with Crippen LogP contribution in [0.4, 0.5) is 0 Å². The van der Waals surface area contributed by atoms with Gasteiger partial charge in [0.25, 0.3) is 5.91 Å². The Labute approximate surface area is 145 Å². The highest BCUT2D eigenvalue weighted by Gasteiger charge is 2.19. The van der Waals surface area contributed by atoms with Crippen molar-refractivity contribution >= 4 is 27.5 Å². The molecule has 0 saturated carbocycles. The van der Waals surface area contributed by atoms with E-state index < -0.39 is 0 Å². The molecule has 0 spiro atoms. The number of aryl methyl sites for hydroxylation is 2. The van der Waals surface area contributed by atoms with Crippen LogP contribution in [0, 0.1) is 13.8 Å². The Hall–Kier alpha value is -2.14. The van der Waals surface area contributed by atoms with E-state index in [4.69, 9.17) is 4.98 Å². The SMILES string of the molecule is Cc1ccc(C)n1-c1nc2ccc(C(=O)N3CCCCC3)cc2s1. The molecule has 1 aliphatic rings. The molecule has 5 heteroatoms. The first-order valence-electron chi connectivity index (χ1n) is 8.49. The van der Waals surface area contributed by atoms with Gasteiger partial charge in [-0.15, -0.1) is 0 Å². The maximum Gasteiger partial charge on any atom is 0.253 e. The molecule has 1 amide bonds. The van der Waals surface area contributed by atoms with Crippen molar-refractivity contribution in [2.45, 2.75) is 33.1 Å². The predicted molar refractivity (Wildman–Crippen MR) is 98.2 cm³/mol. The summed E-state index contributed by atoms with van der Waals surface area (Å²) in [6.45, 7) is 5.94. The quantitative estimate of drug-likeness (QED) is 0.697. The monoisotopic (exact) mass is 339 g/mol. The lowest BCUT2D eigenvalue weighted by Gasteiger charge is -2.26. The lowest BCUT2D eigenvalue weighted by molar-refractivity contribution is 0.0724. The van der Waals surface area contributed by atoms with E-state index in [1.165, 1.54) is 17.8 Å². The van der Waals surface area contributed by atoms with E-state index >= 15 is 0 Å². The first-order chi connectivity index (χ1) is 11.6. The van der Waals surface area contributed by atoms with Crippen LogP contribution in [0.3, 0.4) is 0 Å². The van der Waals surface area contributed by atoms with Gasteiger partial charge in [-0.1, -0.05) is 11.3 Å². The highest BCUT2D eigenvalue weighted by molar-refractivity contribution is 7.20. The number of nitrogens with zero attached hydrogens (tertiary/aromatic N) is 3. The Bertz CT molecular complexity index is 883. The second-order valence-corrected chi connectivity index (χ2v) is 7.49. The zero-order valence-corrected chi connectivity index (χ0v) is 14.9. The summed E-state index contributed by atoms with van der Waals surface area (Å²) in [5.41, 5.74) is 4.09. The highest BCUT2D eigenvalue weighted by atomic mass is 32.1. The van der Waals surface area contributed by atoms with E-state index in [1.807, 2.05) is 23.1 Å². The Morgan fingerprint density at radius 3 is 2.46 bits per heavy atom. The molecule has 0 atom stereocenters. The van der Waals surface area contributed by atoms with Crippen molar-refractivity contribution in [2.24, 2.45) is 0 Å². The van der Waals surface area contributed by atoms with Gasteiger partial charge in [-0.2, -0.15) is 0 Å². The van der Waals surface area contributed by atoms with Crippen molar-refractivity contribution < 1.29 is 4.79 Å². The van der Waals surface area contributed by atoms with Gasteiger partial charge in [0.2, 0.25) is 0 Å². The van der Waals surface area contributed by atoms with Crippen LogP contribution in [-0.4, -0.2) is 33.4 Å². The average molecular weight is 339 g/mol. The number of carbonyl (C=O) groups excluding carboxylic acids is 1. The van der Waals surface area contributed by atoms with Gasteiger partial charge in [-0.05, 0) is 63.4 Å². The fourth-order valence-electron chi connectivity index (χ4n) is 3.39. The summed E-state index contributed by atoms with van der Waals surface area (Å²) in [5, 5.41) is 0.965. The van der Waals surface area contributed by atoms with Gasteiger partial charge in [-0.3, -0.25) is 9.36 Å². The first-order valence-corrected chi connectivity index (χ1v) is 9.30. The molecule has 3 aromatic rings. The number of piperidine rings is 1. The van der Waals surface area contributed by atoms with E-state index in [1.54, 1.807) is 11.3 Å². The minimum Gasteiger partial charge on any atom is -0.339 e. The van der Waals surface area contributed by atoms with Gasteiger partial charge in [0.05, 0.1) is 10.2 Å². The van der Waals surface area contributed by atoms with Crippen LogP contribution in [-0.2, 0) is 0 Å². The molecule has 24 heavy (non-hydrogen) atoms. The van der Waals surface area contributed by atoms with Crippen LogP contribution in [0.15, 0.2) is 30.3 Å². The Morgan fingerprint density at radius 1 is 1.04 bits per heavy atom. The topological polar surface area (TPSA) is 38.1 Å². The minimum atomic E-state index is 0.153. The molecule has 0 radical (unpaired) electrons. The van der Waals surface area contributed by atoms with E-state index in [0.29, 0.717) is 0 Å². The van der Waals surface area contributed by atoms with Crippen LogP contribution >= 0.6 is 11.3 Å². The second kappa shape index (κ2) is 6.06. The number of hydrogen-bond acceptors (Lipinski definition) is 3. The molecule has 2 aromatic heterocycles. The summed E-state index contributed by atoms with van der Waals surface area (Å²) >= 11 is 1.64. The summed E-state index contributed by atoms with van der Waals surface area (Å²) in [6.07, 6.45) is 3.46. The van der Waals surface area contributed by atoms with Crippen LogP contribution < -0.4 is 0 Å². The highest BCUT2D eigenvalue weighted by Crippen LogP contribution is 2.28. The van der Waals surface area contributed by atoms with Crippen LogP contribution in [0.1, 0.15) is 41.0 Å². The maximum atomic E-state index is 12.7. The van der Waals surface area contributed by atoms with Gasteiger partial charge in [-0.25, -0.2) is 4.98 Å². The van der Waals surface area contributed by atoms with E-state index in [0.717, 1.165) is 46.8 Å². The molecular weight excluding hydrogens is 318 g/mol. The third-order valence-electron chi connectivity index (χ3n) is 4.73. The minimum absolute atomic E-state index is 0.153. The number of aromatic nitrogens is 2. The molecular formula is C19H21N3OS. The number of thiazole rings is 1. The number of amides is 1. The summed E-state index contributed by atoms with van der Waals surface area (Å²) < 4.78 is 3.23. The summed E-state index contributed by atoms with van der Waals surface area (Å²) in [4.78, 5) is 19.4. The van der Waals surface area contributed by atoms with E-state index in [2.05, 4.69) is 30.5 Å². The fourth-order valence-corrected chi connectivity index (χ4v) is 4.51. The molecule has 124 valence electrons. The molecule has 1 aromatic carbocycles. The summed E-state index contributed by atoms with van der Waals surface area (Å²) in [7, 11) is 0. The molecule has 3 heterocycles. The van der Waals surface area contributed by atoms with Crippen molar-refractivity contribution in [1.82, 2.24) is 14.5 Å². The van der Waals surface area contributed by atoms with Crippen molar-refractivity contribution in [3.05, 3.63) is 47.3 Å². The van der Waals surface area contributed by atoms with Crippen molar-refractivity contribution in [2.75, 3.05) is 13.1 Å². The standard InChI is InChI=1S/C19H21N3OS/c1-13-6-7-14(2)22(13)19-20-16-9-8-15(12-17(16)24-19)18(23)21-10-4-3-5-11-21/h6-9,12H,3-5,10-11H2,1-2H3. The number of hydrogen-bond donors (Lipinski definition) is 0. The molecule has 1 aliphatic heterocycles. The number of carbonyl (C=O) groups is 1. The first kappa shape index (κ1) is 15.4. The molecule has 4 rings (SSSR count). The molecule has 4 nitrogen and oxygen atoms in total. The third kappa shape index (κ3) is 2.63. The van der Waals surface area contributed by atoms with E-state index in [9.17, 15) is 4.79 Å². The van der Waals surface area contributed by atoms with Crippen LogP contribution in [0.5, 0.6) is 0 Å². The lowest BCUT2D eigenvalue weighted by Crippen LogP contribution is -2.35. The zero-order valence-electron chi connectivity index (χ0n) is 14.1. The molecule has 0 N–H and O–H groups in total.